The first kappa shape index (κ1) is 21.7. The van der Waals surface area contributed by atoms with Gasteiger partial charge >= 0.3 is 14.5 Å². The predicted molar refractivity (Wildman–Crippen MR) is 98.4 cm³/mol. The van der Waals surface area contributed by atoms with Gasteiger partial charge in [0.15, 0.2) is 0 Å². The molecule has 0 aromatic heterocycles. The van der Waals surface area contributed by atoms with Crippen LogP contribution in [0.3, 0.4) is 0 Å². The molecule has 1 N–H and O–H groups in total. The zero-order valence-corrected chi connectivity index (χ0v) is 16.2. The van der Waals surface area contributed by atoms with Gasteiger partial charge in [-0.25, -0.2) is 5.09 Å². The predicted octanol–water partition coefficient (Wildman–Crippen LogP) is 3.54. The highest BCUT2D eigenvalue weighted by molar-refractivity contribution is 7.45. The summed E-state index contributed by atoms with van der Waals surface area (Å²) in [5.74, 6) is 2.69. The Morgan fingerprint density at radius 1 is 1.36 bits per heavy atom. The Morgan fingerprint density at radius 2 is 2.04 bits per heavy atom. The van der Waals surface area contributed by atoms with Gasteiger partial charge in [-0.3, -0.25) is 4.79 Å². The van der Waals surface area contributed by atoms with Crippen molar-refractivity contribution in [2.45, 2.75) is 32.5 Å². The van der Waals surface area contributed by atoms with E-state index in [1.807, 2.05) is 0 Å². The number of carbonyl (C=O) groups excluding carboxylic acids is 1. The molecule has 1 aromatic rings. The molecule has 0 aliphatic rings. The van der Waals surface area contributed by atoms with Crippen LogP contribution in [0.1, 0.15) is 20.3 Å². The standard InChI is InChI=1S/C17H23ClNO5P/c1-5-6-16(21-4)12-22-25(19-11-17(20)23-13(2)3)24-15-9-7-14(18)8-10-15/h1,7-10,13,16,19H,6,11-12H2,2-4H3. The number of hydrogen-bond donors (Lipinski definition) is 1. The van der Waals surface area contributed by atoms with E-state index in [0.29, 0.717) is 17.2 Å². The summed E-state index contributed by atoms with van der Waals surface area (Å²) in [6.45, 7) is 3.76. The molecule has 0 saturated heterocycles. The van der Waals surface area contributed by atoms with E-state index in [0.717, 1.165) is 0 Å². The lowest BCUT2D eigenvalue weighted by Gasteiger charge is -2.21. The first-order valence-electron chi connectivity index (χ1n) is 7.70. The van der Waals surface area contributed by atoms with Crippen LogP contribution in [0.15, 0.2) is 24.3 Å². The molecule has 0 fully saturated rings. The molecule has 138 valence electrons. The normalized spacial score (nSPS) is 13.1. The van der Waals surface area contributed by atoms with Crippen molar-refractivity contribution in [3.63, 3.8) is 0 Å². The van der Waals surface area contributed by atoms with Crippen LogP contribution in [0.25, 0.3) is 0 Å². The second-order valence-corrected chi connectivity index (χ2v) is 6.95. The molecule has 6 nitrogen and oxygen atoms in total. The monoisotopic (exact) mass is 387 g/mol. The molecule has 0 aliphatic carbocycles. The van der Waals surface area contributed by atoms with Crippen LogP contribution in [0.4, 0.5) is 0 Å². The van der Waals surface area contributed by atoms with E-state index in [1.54, 1.807) is 45.2 Å². The summed E-state index contributed by atoms with van der Waals surface area (Å²) in [7, 11) is -0.0389. The number of ether oxygens (including phenoxy) is 2. The van der Waals surface area contributed by atoms with Crippen LogP contribution in [0.5, 0.6) is 5.75 Å². The molecule has 0 amide bonds. The van der Waals surface area contributed by atoms with Crippen molar-refractivity contribution in [1.82, 2.24) is 5.09 Å². The van der Waals surface area contributed by atoms with Gasteiger partial charge in [0.05, 0.1) is 18.8 Å². The van der Waals surface area contributed by atoms with Crippen molar-refractivity contribution in [2.75, 3.05) is 20.3 Å². The summed E-state index contributed by atoms with van der Waals surface area (Å²) in [4.78, 5) is 11.7. The topological polar surface area (TPSA) is 66.0 Å². The third-order valence-corrected chi connectivity index (χ3v) is 4.21. The second-order valence-electron chi connectivity index (χ2n) is 5.24. The van der Waals surface area contributed by atoms with Gasteiger partial charge in [-0.15, -0.1) is 12.3 Å². The van der Waals surface area contributed by atoms with Gasteiger partial charge < -0.3 is 18.5 Å². The average molecular weight is 388 g/mol. The molecular weight excluding hydrogens is 365 g/mol. The molecule has 8 heteroatoms. The summed E-state index contributed by atoms with van der Waals surface area (Å²) in [6.07, 6.45) is 5.26. The summed E-state index contributed by atoms with van der Waals surface area (Å²) in [5.41, 5.74) is 0. The molecule has 0 aliphatic heterocycles. The Morgan fingerprint density at radius 3 is 2.60 bits per heavy atom. The zero-order valence-electron chi connectivity index (χ0n) is 14.5. The minimum atomic E-state index is -1.60. The lowest BCUT2D eigenvalue weighted by Crippen LogP contribution is -2.26. The lowest BCUT2D eigenvalue weighted by molar-refractivity contribution is -0.145. The Balaban J connectivity index is 2.63. The molecule has 0 spiro atoms. The van der Waals surface area contributed by atoms with Crippen LogP contribution in [-0.4, -0.2) is 38.4 Å². The average Bonchev–Trinajstić information content (AvgIpc) is 2.57. The van der Waals surface area contributed by atoms with Crippen molar-refractivity contribution >= 4 is 26.1 Å². The highest BCUT2D eigenvalue weighted by Gasteiger charge is 2.18. The molecule has 1 aromatic carbocycles. The van der Waals surface area contributed by atoms with Crippen molar-refractivity contribution in [1.29, 1.82) is 0 Å². The highest BCUT2D eigenvalue weighted by atomic mass is 35.5. The van der Waals surface area contributed by atoms with Crippen LogP contribution < -0.4 is 9.61 Å². The molecule has 0 heterocycles. The molecule has 1 rings (SSSR count). The number of halogens is 1. The maximum absolute atomic E-state index is 11.7. The van der Waals surface area contributed by atoms with Crippen molar-refractivity contribution < 1.29 is 23.3 Å². The fourth-order valence-corrected chi connectivity index (χ4v) is 2.83. The first-order chi connectivity index (χ1) is 11.9. The molecule has 0 radical (unpaired) electrons. The van der Waals surface area contributed by atoms with Crippen molar-refractivity contribution in [2.24, 2.45) is 0 Å². The van der Waals surface area contributed by atoms with E-state index >= 15 is 0 Å². The molecule has 0 bridgehead atoms. The number of methoxy groups -OCH3 is 1. The van der Waals surface area contributed by atoms with E-state index in [2.05, 4.69) is 11.0 Å². The summed E-state index contributed by atoms with van der Waals surface area (Å²) < 4.78 is 21.8. The van der Waals surface area contributed by atoms with Crippen LogP contribution in [0.2, 0.25) is 5.02 Å². The Labute approximate surface area is 155 Å². The van der Waals surface area contributed by atoms with Crippen LogP contribution in [0, 0.1) is 12.3 Å². The van der Waals surface area contributed by atoms with Gasteiger partial charge in [0.25, 0.3) is 0 Å². The number of esters is 1. The van der Waals surface area contributed by atoms with Gasteiger partial charge in [-0.1, -0.05) is 11.6 Å². The fourth-order valence-electron chi connectivity index (χ4n) is 1.62. The number of rotatable bonds is 11. The van der Waals surface area contributed by atoms with Crippen LogP contribution in [-0.2, 0) is 18.8 Å². The van der Waals surface area contributed by atoms with Gasteiger partial charge in [-0.05, 0) is 38.1 Å². The van der Waals surface area contributed by atoms with Gasteiger partial charge in [-0.2, -0.15) is 0 Å². The maximum Gasteiger partial charge on any atom is 0.320 e. The van der Waals surface area contributed by atoms with Gasteiger partial charge in [0, 0.05) is 18.6 Å². The Bertz CT molecular complexity index is 561. The fraction of sp³-hybridized carbons (Fsp3) is 0.471. The minimum Gasteiger partial charge on any atom is -0.462 e. The van der Waals surface area contributed by atoms with Gasteiger partial charge in [0.2, 0.25) is 0 Å². The quantitative estimate of drug-likeness (QED) is 0.356. The number of terminal acetylenes is 1. The summed E-state index contributed by atoms with van der Waals surface area (Å²) >= 11 is 5.86. The summed E-state index contributed by atoms with van der Waals surface area (Å²) in [5, 5.41) is 3.51. The van der Waals surface area contributed by atoms with E-state index in [1.165, 1.54) is 0 Å². The Hall–Kier alpha value is -1.35. The van der Waals surface area contributed by atoms with E-state index < -0.39 is 14.5 Å². The van der Waals surface area contributed by atoms with Gasteiger partial charge in [0.1, 0.15) is 12.3 Å². The van der Waals surface area contributed by atoms with E-state index in [4.69, 9.17) is 36.5 Å². The molecular formula is C17H23ClNO5P. The number of benzene rings is 1. The zero-order chi connectivity index (χ0) is 18.7. The molecule has 25 heavy (non-hydrogen) atoms. The Kier molecular flexibility index (Phi) is 10.5. The third-order valence-electron chi connectivity index (χ3n) is 2.78. The SMILES string of the molecule is C#CCC(COP(NCC(=O)OC(C)C)Oc1ccc(Cl)cc1)OC. The molecule has 2 atom stereocenters. The van der Waals surface area contributed by atoms with Crippen molar-refractivity contribution in [3.8, 4) is 18.1 Å². The number of hydrogen-bond acceptors (Lipinski definition) is 6. The first-order valence-corrected chi connectivity index (χ1v) is 9.26. The smallest absolute Gasteiger partial charge is 0.320 e. The van der Waals surface area contributed by atoms with E-state index in [9.17, 15) is 4.79 Å². The minimum absolute atomic E-state index is 0.0374. The number of carbonyl (C=O) groups is 1. The molecule has 2 unspecified atom stereocenters. The second kappa shape index (κ2) is 12.1. The summed E-state index contributed by atoms with van der Waals surface area (Å²) in [6, 6.07) is 6.83. The molecule has 0 saturated carbocycles. The maximum atomic E-state index is 11.7. The van der Waals surface area contributed by atoms with Crippen molar-refractivity contribution in [3.05, 3.63) is 29.3 Å². The third kappa shape index (κ3) is 9.64. The number of nitrogens with one attached hydrogen (secondary N) is 1. The highest BCUT2D eigenvalue weighted by Crippen LogP contribution is 2.36. The van der Waals surface area contributed by atoms with Crippen LogP contribution >= 0.6 is 20.1 Å². The lowest BCUT2D eigenvalue weighted by atomic mass is 10.3. The largest absolute Gasteiger partial charge is 0.462 e. The van der Waals surface area contributed by atoms with E-state index in [-0.39, 0.29) is 25.4 Å².